The monoisotopic (exact) mass is 380 g/mol. The van der Waals surface area contributed by atoms with E-state index in [1.165, 1.54) is 19.3 Å². The topological polar surface area (TPSA) is 0 Å². The van der Waals surface area contributed by atoms with E-state index in [1.807, 2.05) is 55.4 Å². The summed E-state index contributed by atoms with van der Waals surface area (Å²) in [5, 5.41) is 0. The molecule has 0 aliphatic heterocycles. The lowest BCUT2D eigenvalue weighted by atomic mass is 9.45. The van der Waals surface area contributed by atoms with Gasteiger partial charge in [0.15, 0.2) is 0 Å². The number of fused-ring (bicyclic) bond motifs is 5. The molecule has 0 bridgehead atoms. The van der Waals surface area contributed by atoms with Crippen LogP contribution in [0, 0.1) is 34.5 Å². The van der Waals surface area contributed by atoms with Gasteiger partial charge in [0.1, 0.15) is 0 Å². The number of hydrogen-bond donors (Lipinski definition) is 0. The van der Waals surface area contributed by atoms with Crippen LogP contribution < -0.4 is 0 Å². The second kappa shape index (κ2) is 13.3. The molecule has 0 spiro atoms. The Balaban J connectivity index is 0.000000757. The van der Waals surface area contributed by atoms with Crippen LogP contribution in [-0.4, -0.2) is 0 Å². The Bertz CT molecular complexity index is 359. The average Bonchev–Trinajstić information content (AvgIpc) is 3.15. The molecule has 4 saturated carbocycles. The molecule has 4 fully saturated rings. The second-order valence-corrected chi connectivity index (χ2v) is 8.99. The predicted molar refractivity (Wildman–Crippen MR) is 126 cm³/mol. The van der Waals surface area contributed by atoms with Gasteiger partial charge in [0, 0.05) is 0 Å². The molecule has 0 aromatic heterocycles. The van der Waals surface area contributed by atoms with Crippen LogP contribution in [0.25, 0.3) is 0 Å². The molecule has 0 amide bonds. The van der Waals surface area contributed by atoms with E-state index >= 15 is 0 Å². The zero-order chi connectivity index (χ0) is 21.1. The Kier molecular flexibility index (Phi) is 13.3. The highest BCUT2D eigenvalue weighted by Crippen LogP contribution is 2.66. The Hall–Kier alpha value is 0. The summed E-state index contributed by atoms with van der Waals surface area (Å²) in [7, 11) is 0. The van der Waals surface area contributed by atoms with Crippen molar-refractivity contribution in [2.24, 2.45) is 34.5 Å². The molecule has 0 N–H and O–H groups in total. The van der Waals surface area contributed by atoms with Gasteiger partial charge >= 0.3 is 0 Å². The van der Waals surface area contributed by atoms with E-state index in [1.54, 1.807) is 51.4 Å². The Morgan fingerprint density at radius 1 is 0.519 bits per heavy atom. The van der Waals surface area contributed by atoms with Crippen molar-refractivity contribution in [2.75, 3.05) is 0 Å². The van der Waals surface area contributed by atoms with Crippen LogP contribution in [0.1, 0.15) is 140 Å². The highest BCUT2D eigenvalue weighted by Gasteiger charge is 2.56. The third-order valence-corrected chi connectivity index (χ3v) is 8.36. The van der Waals surface area contributed by atoms with Gasteiger partial charge in [-0.2, -0.15) is 0 Å². The Labute approximate surface area is 174 Å². The lowest BCUT2D eigenvalue weighted by Gasteiger charge is -2.60. The highest BCUT2D eigenvalue weighted by molar-refractivity contribution is 5.06. The van der Waals surface area contributed by atoms with Crippen LogP contribution in [-0.2, 0) is 0 Å². The summed E-state index contributed by atoms with van der Waals surface area (Å²) in [5.74, 6) is 4.41. The van der Waals surface area contributed by atoms with Crippen molar-refractivity contribution in [1.82, 2.24) is 0 Å². The van der Waals surface area contributed by atoms with Crippen molar-refractivity contribution in [3.8, 4) is 0 Å². The van der Waals surface area contributed by atoms with E-state index in [9.17, 15) is 0 Å². The number of rotatable bonds is 0. The summed E-state index contributed by atoms with van der Waals surface area (Å²) < 4.78 is 0. The molecule has 4 aliphatic carbocycles. The molecule has 0 aromatic rings. The van der Waals surface area contributed by atoms with Gasteiger partial charge in [-0.15, -0.1) is 0 Å². The molecule has 0 aromatic carbocycles. The minimum Gasteiger partial charge on any atom is -0.0683 e. The first kappa shape index (κ1) is 27.0. The standard InChI is InChI=1S/C19H32.4C2H6/c1-18-11-5-7-16(18)15-9-8-14-6-3-4-12-19(14,2)17(15)10-13-18;4*1-2/h14-17H,3-13H2,1-2H3;4*1-2H3. The van der Waals surface area contributed by atoms with Gasteiger partial charge in [-0.1, -0.05) is 88.5 Å². The van der Waals surface area contributed by atoms with Crippen molar-refractivity contribution in [3.63, 3.8) is 0 Å². The van der Waals surface area contributed by atoms with Crippen LogP contribution in [0.4, 0.5) is 0 Å². The predicted octanol–water partition coefficient (Wildman–Crippen LogP) is 9.91. The first-order valence-corrected chi connectivity index (χ1v) is 13.1. The third-order valence-electron chi connectivity index (χ3n) is 8.36. The van der Waals surface area contributed by atoms with Crippen LogP contribution in [0.5, 0.6) is 0 Å². The Morgan fingerprint density at radius 2 is 1.15 bits per heavy atom. The van der Waals surface area contributed by atoms with Crippen LogP contribution >= 0.6 is 0 Å². The van der Waals surface area contributed by atoms with Crippen molar-refractivity contribution in [3.05, 3.63) is 0 Å². The van der Waals surface area contributed by atoms with Gasteiger partial charge in [0.2, 0.25) is 0 Å². The summed E-state index contributed by atoms with van der Waals surface area (Å²) in [5.41, 5.74) is 1.49. The van der Waals surface area contributed by atoms with E-state index in [-0.39, 0.29) is 0 Å². The third kappa shape index (κ3) is 5.54. The maximum absolute atomic E-state index is 2.70. The smallest absolute Gasteiger partial charge is 0.0266 e. The van der Waals surface area contributed by atoms with E-state index < -0.39 is 0 Å². The molecule has 4 rings (SSSR count). The van der Waals surface area contributed by atoms with Gasteiger partial charge in [0.25, 0.3) is 0 Å². The number of hydrogen-bond acceptors (Lipinski definition) is 0. The fourth-order valence-corrected chi connectivity index (χ4v) is 7.29. The molecule has 0 radical (unpaired) electrons. The molecule has 27 heavy (non-hydrogen) atoms. The molecule has 6 unspecified atom stereocenters. The van der Waals surface area contributed by atoms with Gasteiger partial charge in [-0.3, -0.25) is 0 Å². The molecule has 6 atom stereocenters. The van der Waals surface area contributed by atoms with Crippen molar-refractivity contribution >= 4 is 0 Å². The van der Waals surface area contributed by atoms with E-state index in [4.69, 9.17) is 0 Å². The van der Waals surface area contributed by atoms with Crippen LogP contribution in [0.3, 0.4) is 0 Å². The summed E-state index contributed by atoms with van der Waals surface area (Å²) >= 11 is 0. The molecule has 164 valence electrons. The quantitative estimate of drug-likeness (QED) is 0.392. The second-order valence-electron chi connectivity index (χ2n) is 8.99. The molecule has 0 saturated heterocycles. The van der Waals surface area contributed by atoms with Gasteiger partial charge in [-0.05, 0) is 85.9 Å². The summed E-state index contributed by atoms with van der Waals surface area (Å²) in [4.78, 5) is 0. The molecule has 0 nitrogen and oxygen atoms in total. The first-order valence-electron chi connectivity index (χ1n) is 13.1. The fraction of sp³-hybridized carbons (Fsp3) is 1.00. The highest BCUT2D eigenvalue weighted by atomic mass is 14.6. The van der Waals surface area contributed by atoms with E-state index in [0.717, 1.165) is 34.5 Å². The average molecular weight is 381 g/mol. The minimum absolute atomic E-state index is 0.741. The lowest BCUT2D eigenvalue weighted by Crippen LogP contribution is -2.51. The van der Waals surface area contributed by atoms with Crippen molar-refractivity contribution in [1.29, 1.82) is 0 Å². The van der Waals surface area contributed by atoms with E-state index in [2.05, 4.69) is 13.8 Å². The summed E-state index contributed by atoms with van der Waals surface area (Å²) in [6.07, 6.45) is 17.1. The van der Waals surface area contributed by atoms with Crippen LogP contribution in [0.15, 0.2) is 0 Å². The minimum atomic E-state index is 0.741. The maximum atomic E-state index is 2.70. The largest absolute Gasteiger partial charge is 0.0683 e. The Morgan fingerprint density at radius 3 is 1.78 bits per heavy atom. The normalized spacial score (nSPS) is 41.1. The van der Waals surface area contributed by atoms with Crippen LogP contribution in [0.2, 0.25) is 0 Å². The van der Waals surface area contributed by atoms with Crippen molar-refractivity contribution in [2.45, 2.75) is 140 Å². The zero-order valence-electron chi connectivity index (χ0n) is 21.1. The van der Waals surface area contributed by atoms with Gasteiger partial charge < -0.3 is 0 Å². The SMILES string of the molecule is CC.CC.CC.CC.CC12CCCC1C1CCC3CCCCC3(C)C1CC2. The first-order chi connectivity index (χ1) is 13.1. The fourth-order valence-electron chi connectivity index (χ4n) is 7.29. The van der Waals surface area contributed by atoms with Gasteiger partial charge in [0.05, 0.1) is 0 Å². The lowest BCUT2D eigenvalue weighted by molar-refractivity contribution is -0.103. The summed E-state index contributed by atoms with van der Waals surface area (Å²) in [6.45, 7) is 21.3. The zero-order valence-corrected chi connectivity index (χ0v) is 21.1. The van der Waals surface area contributed by atoms with E-state index in [0.29, 0.717) is 0 Å². The molecule has 0 heteroatoms. The van der Waals surface area contributed by atoms with Gasteiger partial charge in [-0.25, -0.2) is 0 Å². The van der Waals surface area contributed by atoms with Crippen molar-refractivity contribution < 1.29 is 0 Å². The molecule has 4 aliphatic rings. The molecule has 0 heterocycles. The molecular formula is C27H56. The maximum Gasteiger partial charge on any atom is -0.0266 e. The summed E-state index contributed by atoms with van der Waals surface area (Å²) in [6, 6.07) is 0. The molecular weight excluding hydrogens is 324 g/mol.